The first-order valence-electron chi connectivity index (χ1n) is 7.18. The highest BCUT2D eigenvalue weighted by Crippen LogP contribution is 2.23. The number of nitrogens with one attached hydrogen (secondary N) is 1. The molecule has 0 aromatic carbocycles. The summed E-state index contributed by atoms with van der Waals surface area (Å²) in [6, 6.07) is 0.642. The van der Waals surface area contributed by atoms with Gasteiger partial charge >= 0.3 is 0 Å². The molecule has 2 atom stereocenters. The van der Waals surface area contributed by atoms with E-state index in [1.165, 1.54) is 25.7 Å². The van der Waals surface area contributed by atoms with Crippen LogP contribution >= 0.6 is 0 Å². The Hall–Kier alpha value is -0.570. The molecule has 1 rings (SSSR count). The molecular formula is C14H28N2O. The number of carbonyl (C=O) groups excluding carboxylic acids is 1. The third kappa shape index (κ3) is 5.07. The van der Waals surface area contributed by atoms with Crippen molar-refractivity contribution >= 4 is 5.91 Å². The fourth-order valence-corrected chi connectivity index (χ4v) is 2.74. The van der Waals surface area contributed by atoms with Gasteiger partial charge < -0.3 is 10.2 Å². The Morgan fingerprint density at radius 2 is 2.00 bits per heavy atom. The maximum atomic E-state index is 11.8. The predicted octanol–water partition coefficient (Wildman–Crippen LogP) is 2.41. The molecular weight excluding hydrogens is 212 g/mol. The summed E-state index contributed by atoms with van der Waals surface area (Å²) >= 11 is 0. The number of carbonyl (C=O) groups is 1. The molecule has 100 valence electrons. The van der Waals surface area contributed by atoms with Crippen molar-refractivity contribution in [2.75, 3.05) is 19.6 Å². The molecule has 1 N–H and O–H groups in total. The van der Waals surface area contributed by atoms with Crippen LogP contribution in [0.5, 0.6) is 0 Å². The third-order valence-corrected chi connectivity index (χ3v) is 3.82. The summed E-state index contributed by atoms with van der Waals surface area (Å²) in [6.07, 6.45) is 5.91. The van der Waals surface area contributed by atoms with Crippen LogP contribution in [0.2, 0.25) is 0 Å². The summed E-state index contributed by atoms with van der Waals surface area (Å²) in [5, 5.41) is 3.54. The van der Waals surface area contributed by atoms with Gasteiger partial charge in [0.05, 0.1) is 0 Å². The van der Waals surface area contributed by atoms with Crippen molar-refractivity contribution in [1.29, 1.82) is 0 Å². The largest absolute Gasteiger partial charge is 0.343 e. The molecule has 0 aliphatic heterocycles. The van der Waals surface area contributed by atoms with Crippen molar-refractivity contribution in [1.82, 2.24) is 10.2 Å². The minimum Gasteiger partial charge on any atom is -0.343 e. The highest BCUT2D eigenvalue weighted by Gasteiger charge is 2.18. The lowest BCUT2D eigenvalue weighted by Crippen LogP contribution is -2.37. The SMILES string of the molecule is CCN(CC)C(=O)CCNC1CCCC(C)C1. The van der Waals surface area contributed by atoms with Gasteiger partial charge in [-0.15, -0.1) is 0 Å². The van der Waals surface area contributed by atoms with Gasteiger partial charge in [-0.3, -0.25) is 4.79 Å². The molecule has 1 aliphatic carbocycles. The van der Waals surface area contributed by atoms with Crippen LogP contribution < -0.4 is 5.32 Å². The lowest BCUT2D eigenvalue weighted by atomic mass is 9.87. The second-order valence-electron chi connectivity index (χ2n) is 5.24. The van der Waals surface area contributed by atoms with E-state index in [0.29, 0.717) is 12.5 Å². The molecule has 1 saturated carbocycles. The van der Waals surface area contributed by atoms with E-state index < -0.39 is 0 Å². The van der Waals surface area contributed by atoms with E-state index in [-0.39, 0.29) is 5.91 Å². The van der Waals surface area contributed by atoms with Crippen molar-refractivity contribution < 1.29 is 4.79 Å². The molecule has 2 unspecified atom stereocenters. The van der Waals surface area contributed by atoms with Gasteiger partial charge in [-0.25, -0.2) is 0 Å². The Kier molecular flexibility index (Phi) is 6.56. The van der Waals surface area contributed by atoms with E-state index in [0.717, 1.165) is 25.6 Å². The second kappa shape index (κ2) is 7.70. The minimum atomic E-state index is 0.284. The second-order valence-corrected chi connectivity index (χ2v) is 5.24. The average Bonchev–Trinajstić information content (AvgIpc) is 2.30. The highest BCUT2D eigenvalue weighted by atomic mass is 16.2. The molecule has 0 aromatic rings. The zero-order chi connectivity index (χ0) is 12.7. The first-order chi connectivity index (χ1) is 8.17. The van der Waals surface area contributed by atoms with Crippen LogP contribution in [0.25, 0.3) is 0 Å². The van der Waals surface area contributed by atoms with Gasteiger partial charge in [-0.2, -0.15) is 0 Å². The normalized spacial score (nSPS) is 24.6. The molecule has 0 spiro atoms. The van der Waals surface area contributed by atoms with E-state index in [4.69, 9.17) is 0 Å². The molecule has 1 amide bonds. The Morgan fingerprint density at radius 1 is 1.29 bits per heavy atom. The number of hydrogen-bond donors (Lipinski definition) is 1. The first-order valence-corrected chi connectivity index (χ1v) is 7.18. The highest BCUT2D eigenvalue weighted by molar-refractivity contribution is 5.76. The Bertz CT molecular complexity index is 226. The standard InChI is InChI=1S/C14H28N2O/c1-4-16(5-2)14(17)9-10-15-13-8-6-7-12(3)11-13/h12-13,15H,4-11H2,1-3H3. The summed E-state index contributed by atoms with van der Waals surface area (Å²) in [7, 11) is 0. The van der Waals surface area contributed by atoms with Crippen LogP contribution in [0, 0.1) is 5.92 Å². The quantitative estimate of drug-likeness (QED) is 0.773. The van der Waals surface area contributed by atoms with Crippen LogP contribution in [0.3, 0.4) is 0 Å². The minimum absolute atomic E-state index is 0.284. The maximum Gasteiger partial charge on any atom is 0.223 e. The Morgan fingerprint density at radius 3 is 2.59 bits per heavy atom. The van der Waals surface area contributed by atoms with Crippen LogP contribution in [0.4, 0.5) is 0 Å². The maximum absolute atomic E-state index is 11.8. The van der Waals surface area contributed by atoms with Gasteiger partial charge in [0.2, 0.25) is 5.91 Å². The van der Waals surface area contributed by atoms with Crippen molar-refractivity contribution in [2.24, 2.45) is 5.92 Å². The van der Waals surface area contributed by atoms with E-state index in [1.54, 1.807) is 0 Å². The van der Waals surface area contributed by atoms with Gasteiger partial charge in [-0.1, -0.05) is 19.8 Å². The molecule has 1 aliphatic rings. The number of nitrogens with zero attached hydrogens (tertiary/aromatic N) is 1. The Labute approximate surface area is 106 Å². The van der Waals surface area contributed by atoms with Crippen molar-refractivity contribution in [2.45, 2.75) is 58.9 Å². The predicted molar refractivity (Wildman–Crippen MR) is 72.0 cm³/mol. The van der Waals surface area contributed by atoms with Crippen molar-refractivity contribution in [3.05, 3.63) is 0 Å². The zero-order valence-corrected chi connectivity index (χ0v) is 11.7. The molecule has 0 radical (unpaired) electrons. The zero-order valence-electron chi connectivity index (χ0n) is 11.7. The van der Waals surface area contributed by atoms with Crippen LogP contribution in [-0.4, -0.2) is 36.5 Å². The van der Waals surface area contributed by atoms with Gasteiger partial charge in [0.25, 0.3) is 0 Å². The van der Waals surface area contributed by atoms with Crippen LogP contribution in [0.1, 0.15) is 52.9 Å². The molecule has 1 fully saturated rings. The number of hydrogen-bond acceptors (Lipinski definition) is 2. The van der Waals surface area contributed by atoms with Gasteiger partial charge in [-0.05, 0) is 32.6 Å². The van der Waals surface area contributed by atoms with Gasteiger partial charge in [0.1, 0.15) is 0 Å². The summed E-state index contributed by atoms with van der Waals surface area (Å²) < 4.78 is 0. The summed E-state index contributed by atoms with van der Waals surface area (Å²) in [5.41, 5.74) is 0. The first kappa shape index (κ1) is 14.5. The molecule has 3 nitrogen and oxygen atoms in total. The fourth-order valence-electron chi connectivity index (χ4n) is 2.74. The van der Waals surface area contributed by atoms with Crippen LogP contribution in [-0.2, 0) is 4.79 Å². The molecule has 3 heteroatoms. The molecule has 17 heavy (non-hydrogen) atoms. The fraction of sp³-hybridized carbons (Fsp3) is 0.929. The molecule has 0 heterocycles. The van der Waals surface area contributed by atoms with E-state index in [2.05, 4.69) is 12.2 Å². The number of amides is 1. The molecule has 0 aromatic heterocycles. The van der Waals surface area contributed by atoms with Crippen molar-refractivity contribution in [3.8, 4) is 0 Å². The Balaban J connectivity index is 2.16. The molecule has 0 saturated heterocycles. The van der Waals surface area contributed by atoms with E-state index >= 15 is 0 Å². The summed E-state index contributed by atoms with van der Waals surface area (Å²) in [5.74, 6) is 1.13. The lowest BCUT2D eigenvalue weighted by molar-refractivity contribution is -0.130. The summed E-state index contributed by atoms with van der Waals surface area (Å²) in [6.45, 7) is 8.91. The monoisotopic (exact) mass is 240 g/mol. The van der Waals surface area contributed by atoms with E-state index in [9.17, 15) is 4.79 Å². The number of rotatable bonds is 6. The van der Waals surface area contributed by atoms with Crippen LogP contribution in [0.15, 0.2) is 0 Å². The summed E-state index contributed by atoms with van der Waals surface area (Å²) in [4.78, 5) is 13.7. The average molecular weight is 240 g/mol. The smallest absolute Gasteiger partial charge is 0.223 e. The topological polar surface area (TPSA) is 32.3 Å². The van der Waals surface area contributed by atoms with Gasteiger partial charge in [0.15, 0.2) is 0 Å². The molecule has 0 bridgehead atoms. The van der Waals surface area contributed by atoms with Gasteiger partial charge in [0, 0.05) is 32.1 Å². The lowest BCUT2D eigenvalue weighted by Gasteiger charge is -2.28. The third-order valence-electron chi connectivity index (χ3n) is 3.82. The van der Waals surface area contributed by atoms with Crippen molar-refractivity contribution in [3.63, 3.8) is 0 Å². The van der Waals surface area contributed by atoms with E-state index in [1.807, 2.05) is 18.7 Å².